The van der Waals surface area contributed by atoms with Crippen molar-refractivity contribution in [1.82, 2.24) is 5.32 Å². The second kappa shape index (κ2) is 7.54. The molecule has 0 radical (unpaired) electrons. The van der Waals surface area contributed by atoms with Crippen molar-refractivity contribution in [3.63, 3.8) is 0 Å². The van der Waals surface area contributed by atoms with Gasteiger partial charge in [0.2, 0.25) is 5.91 Å². The van der Waals surface area contributed by atoms with Crippen molar-refractivity contribution in [3.05, 3.63) is 22.4 Å². The lowest BCUT2D eigenvalue weighted by molar-refractivity contribution is -0.124. The maximum absolute atomic E-state index is 11.9. The Balaban J connectivity index is 2.27. The second-order valence-electron chi connectivity index (χ2n) is 5.12. The highest BCUT2D eigenvalue weighted by atomic mass is 32.1. The first-order valence-electron chi connectivity index (χ1n) is 6.47. The van der Waals surface area contributed by atoms with E-state index in [1.54, 1.807) is 18.3 Å². The Morgan fingerprint density at radius 2 is 2.17 bits per heavy atom. The zero-order valence-electron chi connectivity index (χ0n) is 11.3. The van der Waals surface area contributed by atoms with Crippen LogP contribution in [0.1, 0.15) is 32.1 Å². The highest BCUT2D eigenvalue weighted by molar-refractivity contribution is 7.09. The summed E-state index contributed by atoms with van der Waals surface area (Å²) in [6, 6.07) is 4.07. The van der Waals surface area contributed by atoms with Crippen molar-refractivity contribution in [2.24, 2.45) is 11.8 Å². The smallest absolute Gasteiger partial charge is 0.223 e. The van der Waals surface area contributed by atoms with Crippen molar-refractivity contribution in [3.8, 4) is 0 Å². The predicted octanol–water partition coefficient (Wildman–Crippen LogP) is 2.45. The van der Waals surface area contributed by atoms with E-state index in [-0.39, 0.29) is 17.9 Å². The number of aliphatic hydroxyl groups excluding tert-OH is 1. The van der Waals surface area contributed by atoms with Crippen LogP contribution in [0.15, 0.2) is 17.5 Å². The number of aliphatic hydroxyl groups is 1. The van der Waals surface area contributed by atoms with E-state index < -0.39 is 0 Å². The third-order valence-corrected chi connectivity index (χ3v) is 3.80. The lowest BCUT2D eigenvalue weighted by Gasteiger charge is -2.16. The fourth-order valence-corrected chi connectivity index (χ4v) is 2.77. The Hall–Kier alpha value is -0.870. The summed E-state index contributed by atoms with van der Waals surface area (Å²) in [5, 5.41) is 14.2. The van der Waals surface area contributed by atoms with Gasteiger partial charge >= 0.3 is 0 Å². The third kappa shape index (κ3) is 5.65. The third-order valence-electron chi connectivity index (χ3n) is 2.90. The van der Waals surface area contributed by atoms with Gasteiger partial charge in [-0.25, -0.2) is 0 Å². The van der Waals surface area contributed by atoms with E-state index in [0.717, 1.165) is 12.8 Å². The monoisotopic (exact) mass is 269 g/mol. The summed E-state index contributed by atoms with van der Waals surface area (Å²) in [6.07, 6.45) is 1.22. The van der Waals surface area contributed by atoms with Gasteiger partial charge in [0.15, 0.2) is 0 Å². The van der Waals surface area contributed by atoms with Crippen molar-refractivity contribution < 1.29 is 9.90 Å². The van der Waals surface area contributed by atoms with Gasteiger partial charge in [0.05, 0.1) is 6.10 Å². The molecule has 1 aromatic rings. The molecule has 2 N–H and O–H groups in total. The standard InChI is InChI=1S/C14H23NO2S/c1-10(7-12(3)16)9-15-14(17)11(2)8-13-5-4-6-18-13/h4-6,10-12,16H,7-9H2,1-3H3,(H,15,17). The minimum atomic E-state index is -0.305. The van der Waals surface area contributed by atoms with Crippen molar-refractivity contribution >= 4 is 17.2 Å². The minimum Gasteiger partial charge on any atom is -0.393 e. The van der Waals surface area contributed by atoms with Gasteiger partial charge in [-0.05, 0) is 37.1 Å². The lowest BCUT2D eigenvalue weighted by Crippen LogP contribution is -2.34. The number of rotatable bonds is 7. The molecule has 1 rings (SSSR count). The van der Waals surface area contributed by atoms with Crippen molar-refractivity contribution in [1.29, 1.82) is 0 Å². The van der Waals surface area contributed by atoms with E-state index in [2.05, 4.69) is 11.4 Å². The fourth-order valence-electron chi connectivity index (χ4n) is 1.94. The van der Waals surface area contributed by atoms with Crippen LogP contribution in [0.3, 0.4) is 0 Å². The van der Waals surface area contributed by atoms with Gasteiger partial charge in [0, 0.05) is 17.3 Å². The molecule has 3 atom stereocenters. The van der Waals surface area contributed by atoms with Crippen LogP contribution in [-0.4, -0.2) is 23.7 Å². The molecule has 4 heteroatoms. The molecule has 0 fully saturated rings. The predicted molar refractivity (Wildman–Crippen MR) is 75.7 cm³/mol. The van der Waals surface area contributed by atoms with Gasteiger partial charge in [0.1, 0.15) is 0 Å². The largest absolute Gasteiger partial charge is 0.393 e. The number of amides is 1. The zero-order chi connectivity index (χ0) is 13.5. The van der Waals surface area contributed by atoms with Crippen LogP contribution in [-0.2, 0) is 11.2 Å². The molecule has 0 aromatic carbocycles. The lowest BCUT2D eigenvalue weighted by atomic mass is 10.0. The Labute approximate surface area is 113 Å². The average Bonchev–Trinajstić information content (AvgIpc) is 2.77. The molecule has 102 valence electrons. The number of carbonyl (C=O) groups is 1. The molecule has 3 nitrogen and oxygen atoms in total. The molecule has 0 aliphatic heterocycles. The quantitative estimate of drug-likeness (QED) is 0.799. The first-order chi connectivity index (χ1) is 8.49. The van der Waals surface area contributed by atoms with Crippen LogP contribution >= 0.6 is 11.3 Å². The van der Waals surface area contributed by atoms with Gasteiger partial charge in [-0.3, -0.25) is 4.79 Å². The number of thiophene rings is 1. The maximum atomic E-state index is 11.9. The molecule has 0 aliphatic carbocycles. The number of hydrogen-bond donors (Lipinski definition) is 2. The summed E-state index contributed by atoms with van der Waals surface area (Å²) < 4.78 is 0. The topological polar surface area (TPSA) is 49.3 Å². The molecule has 0 saturated heterocycles. The highest BCUT2D eigenvalue weighted by Gasteiger charge is 2.15. The van der Waals surface area contributed by atoms with Gasteiger partial charge in [-0.1, -0.05) is 19.9 Å². The first-order valence-corrected chi connectivity index (χ1v) is 7.35. The summed E-state index contributed by atoms with van der Waals surface area (Å²) in [4.78, 5) is 13.1. The van der Waals surface area contributed by atoms with Crippen LogP contribution in [0.4, 0.5) is 0 Å². The summed E-state index contributed by atoms with van der Waals surface area (Å²) in [5.74, 6) is 0.408. The van der Waals surface area contributed by atoms with E-state index in [9.17, 15) is 9.90 Å². The SMILES string of the molecule is CC(O)CC(C)CNC(=O)C(C)Cc1cccs1. The Morgan fingerprint density at radius 3 is 2.72 bits per heavy atom. The summed E-state index contributed by atoms with van der Waals surface area (Å²) in [7, 11) is 0. The molecule has 0 aliphatic rings. The molecule has 1 aromatic heterocycles. The van der Waals surface area contributed by atoms with Gasteiger partial charge in [0.25, 0.3) is 0 Å². The molecule has 0 bridgehead atoms. The van der Waals surface area contributed by atoms with E-state index in [4.69, 9.17) is 0 Å². The molecule has 0 saturated carbocycles. The molecular weight excluding hydrogens is 246 g/mol. The molecular formula is C14H23NO2S. The average molecular weight is 269 g/mol. The van der Waals surface area contributed by atoms with E-state index >= 15 is 0 Å². The highest BCUT2D eigenvalue weighted by Crippen LogP contribution is 2.14. The van der Waals surface area contributed by atoms with Gasteiger partial charge in [-0.15, -0.1) is 11.3 Å². The Morgan fingerprint density at radius 1 is 1.44 bits per heavy atom. The molecule has 3 unspecified atom stereocenters. The fraction of sp³-hybridized carbons (Fsp3) is 0.643. The van der Waals surface area contributed by atoms with E-state index in [0.29, 0.717) is 12.5 Å². The summed E-state index contributed by atoms with van der Waals surface area (Å²) in [5.41, 5.74) is 0. The zero-order valence-corrected chi connectivity index (χ0v) is 12.2. The van der Waals surface area contributed by atoms with Crippen LogP contribution in [0.5, 0.6) is 0 Å². The van der Waals surface area contributed by atoms with Crippen molar-refractivity contribution in [2.75, 3.05) is 6.54 Å². The van der Waals surface area contributed by atoms with Gasteiger partial charge in [-0.2, -0.15) is 0 Å². The minimum absolute atomic E-state index is 0.00222. The molecule has 1 amide bonds. The van der Waals surface area contributed by atoms with Crippen molar-refractivity contribution in [2.45, 2.75) is 39.7 Å². The molecule has 0 spiro atoms. The first kappa shape index (κ1) is 15.2. The van der Waals surface area contributed by atoms with Gasteiger partial charge < -0.3 is 10.4 Å². The Bertz CT molecular complexity index is 349. The second-order valence-corrected chi connectivity index (χ2v) is 6.15. The van der Waals surface area contributed by atoms with Crippen LogP contribution in [0.2, 0.25) is 0 Å². The summed E-state index contributed by atoms with van der Waals surface area (Å²) >= 11 is 1.69. The van der Waals surface area contributed by atoms with E-state index in [1.165, 1.54) is 4.88 Å². The van der Waals surface area contributed by atoms with Crippen LogP contribution in [0.25, 0.3) is 0 Å². The summed E-state index contributed by atoms with van der Waals surface area (Å²) in [6.45, 7) is 6.40. The Kier molecular flexibility index (Phi) is 6.36. The number of nitrogens with one attached hydrogen (secondary N) is 1. The number of hydrogen-bond acceptors (Lipinski definition) is 3. The maximum Gasteiger partial charge on any atom is 0.223 e. The van der Waals surface area contributed by atoms with Crippen LogP contribution < -0.4 is 5.32 Å². The normalized spacial score (nSPS) is 16.0. The van der Waals surface area contributed by atoms with Crippen LogP contribution in [0, 0.1) is 11.8 Å². The number of carbonyl (C=O) groups excluding carboxylic acids is 1. The molecule has 1 heterocycles. The molecule has 18 heavy (non-hydrogen) atoms. The van der Waals surface area contributed by atoms with E-state index in [1.807, 2.05) is 25.3 Å².